The Labute approximate surface area is 93.7 Å². The van der Waals surface area contributed by atoms with Crippen molar-refractivity contribution in [2.45, 2.75) is 24.7 Å². The minimum absolute atomic E-state index is 0.840. The van der Waals surface area contributed by atoms with E-state index in [1.807, 2.05) is 12.3 Å². The van der Waals surface area contributed by atoms with Gasteiger partial charge in [0.1, 0.15) is 0 Å². The topological polar surface area (TPSA) is 49.3 Å². The molecule has 0 atom stereocenters. The highest BCUT2D eigenvalue weighted by Gasteiger charge is 2.12. The molecule has 1 aliphatic rings. The maximum atomic E-state index is 4.42. The van der Waals surface area contributed by atoms with Gasteiger partial charge in [-0.25, -0.2) is 0 Å². The molecule has 5 heteroatoms. The van der Waals surface area contributed by atoms with Crippen LogP contribution >= 0.6 is 11.9 Å². The number of anilines is 1. The quantitative estimate of drug-likeness (QED) is 0.608. The zero-order valence-electron chi connectivity index (χ0n) is 8.66. The fourth-order valence-corrected chi connectivity index (χ4v) is 1.91. The van der Waals surface area contributed by atoms with Gasteiger partial charge >= 0.3 is 0 Å². The summed E-state index contributed by atoms with van der Waals surface area (Å²) in [6.07, 6.45) is 5.91. The van der Waals surface area contributed by atoms with Crippen molar-refractivity contribution in [3.05, 3.63) is 18.5 Å². The Morgan fingerprint density at radius 3 is 3.33 bits per heavy atom. The second-order valence-electron chi connectivity index (χ2n) is 3.28. The second kappa shape index (κ2) is 5.02. The molecule has 0 aliphatic carbocycles. The van der Waals surface area contributed by atoms with E-state index in [9.17, 15) is 0 Å². The molecule has 0 saturated carbocycles. The van der Waals surface area contributed by atoms with Gasteiger partial charge in [0, 0.05) is 18.9 Å². The van der Waals surface area contributed by atoms with Crippen LogP contribution < -0.4 is 10.0 Å². The van der Waals surface area contributed by atoms with Crippen molar-refractivity contribution in [2.24, 2.45) is 4.99 Å². The monoisotopic (exact) mass is 222 g/mol. The number of nitrogens with zero attached hydrogens (tertiary/aromatic N) is 2. The van der Waals surface area contributed by atoms with E-state index >= 15 is 0 Å². The highest BCUT2D eigenvalue weighted by Crippen LogP contribution is 2.26. The first-order valence-corrected chi connectivity index (χ1v) is 5.90. The number of guanidine groups is 1. The molecule has 0 fully saturated rings. The van der Waals surface area contributed by atoms with Crippen LogP contribution in [0.5, 0.6) is 0 Å². The summed E-state index contributed by atoms with van der Waals surface area (Å²) >= 11 is 1.55. The Morgan fingerprint density at radius 1 is 1.53 bits per heavy atom. The first kappa shape index (κ1) is 10.3. The lowest BCUT2D eigenvalue weighted by atomic mass is 10.3. The molecule has 1 aliphatic heterocycles. The summed E-state index contributed by atoms with van der Waals surface area (Å²) in [6, 6.07) is 1.96. The predicted octanol–water partition coefficient (Wildman–Crippen LogP) is 2.26. The Bertz CT molecular complexity index is 364. The molecule has 0 radical (unpaired) electrons. The number of fused-ring (bicyclic) bond motifs is 1. The molecule has 15 heavy (non-hydrogen) atoms. The van der Waals surface area contributed by atoms with Crippen LogP contribution in [-0.4, -0.2) is 17.5 Å². The van der Waals surface area contributed by atoms with E-state index in [0.717, 1.165) is 29.5 Å². The van der Waals surface area contributed by atoms with Crippen LogP contribution in [0.4, 0.5) is 5.69 Å². The smallest absolute Gasteiger partial charge is 0.206 e. The average molecular weight is 222 g/mol. The van der Waals surface area contributed by atoms with E-state index in [-0.39, 0.29) is 0 Å². The van der Waals surface area contributed by atoms with Crippen LogP contribution in [0.2, 0.25) is 0 Å². The maximum absolute atomic E-state index is 4.42. The van der Waals surface area contributed by atoms with Crippen molar-refractivity contribution in [2.75, 3.05) is 11.9 Å². The van der Waals surface area contributed by atoms with Gasteiger partial charge in [0.15, 0.2) is 0 Å². The van der Waals surface area contributed by atoms with Crippen molar-refractivity contribution < 1.29 is 0 Å². The van der Waals surface area contributed by atoms with Gasteiger partial charge in [-0.3, -0.25) is 14.7 Å². The molecule has 2 rings (SSSR count). The number of pyridine rings is 1. The van der Waals surface area contributed by atoms with Gasteiger partial charge in [0.05, 0.1) is 10.6 Å². The zero-order chi connectivity index (χ0) is 10.5. The minimum atomic E-state index is 0.840. The molecule has 2 heterocycles. The lowest BCUT2D eigenvalue weighted by molar-refractivity contribution is 0.806. The first-order chi connectivity index (χ1) is 7.40. The number of aliphatic imine (C=N–C) groups is 1. The Hall–Kier alpha value is -1.23. The van der Waals surface area contributed by atoms with E-state index in [4.69, 9.17) is 0 Å². The number of nitrogens with one attached hydrogen (secondary N) is 2. The third-order valence-electron chi connectivity index (χ3n) is 2.08. The lowest BCUT2D eigenvalue weighted by Crippen LogP contribution is -2.29. The SMILES string of the molecule is CCCCN=C1NSc2cnccc2N1. The van der Waals surface area contributed by atoms with Gasteiger partial charge in [-0.1, -0.05) is 13.3 Å². The zero-order valence-corrected chi connectivity index (χ0v) is 9.47. The van der Waals surface area contributed by atoms with Crippen molar-refractivity contribution >= 4 is 23.6 Å². The van der Waals surface area contributed by atoms with Crippen LogP contribution in [0.3, 0.4) is 0 Å². The Balaban J connectivity index is 2.02. The highest BCUT2D eigenvalue weighted by atomic mass is 32.2. The molecule has 80 valence electrons. The number of aromatic nitrogens is 1. The summed E-state index contributed by atoms with van der Waals surface area (Å²) in [5.41, 5.74) is 1.07. The molecule has 2 N–H and O–H groups in total. The van der Waals surface area contributed by atoms with E-state index in [2.05, 4.69) is 26.9 Å². The molecule has 0 aromatic carbocycles. The highest BCUT2D eigenvalue weighted by molar-refractivity contribution is 7.98. The summed E-state index contributed by atoms with van der Waals surface area (Å²) in [5, 5.41) is 3.23. The molecule has 4 nitrogen and oxygen atoms in total. The number of hydrogen-bond donors (Lipinski definition) is 2. The summed E-state index contributed by atoms with van der Waals surface area (Å²) < 4.78 is 3.15. The number of unbranched alkanes of at least 4 members (excludes halogenated alkanes) is 1. The van der Waals surface area contributed by atoms with E-state index in [1.165, 1.54) is 6.42 Å². The van der Waals surface area contributed by atoms with Crippen molar-refractivity contribution in [1.29, 1.82) is 0 Å². The van der Waals surface area contributed by atoms with Crippen LogP contribution in [0.15, 0.2) is 28.3 Å². The molecular weight excluding hydrogens is 208 g/mol. The largest absolute Gasteiger partial charge is 0.324 e. The molecule has 0 unspecified atom stereocenters. The van der Waals surface area contributed by atoms with E-state index < -0.39 is 0 Å². The Kier molecular flexibility index (Phi) is 3.45. The van der Waals surface area contributed by atoms with Gasteiger partial charge in [0.25, 0.3) is 0 Å². The Morgan fingerprint density at radius 2 is 2.47 bits per heavy atom. The van der Waals surface area contributed by atoms with Gasteiger partial charge < -0.3 is 5.32 Å². The molecule has 0 spiro atoms. The second-order valence-corrected chi connectivity index (χ2v) is 4.13. The van der Waals surface area contributed by atoms with Gasteiger partial charge in [-0.2, -0.15) is 0 Å². The summed E-state index contributed by atoms with van der Waals surface area (Å²) in [7, 11) is 0. The number of rotatable bonds is 3. The summed E-state index contributed by atoms with van der Waals surface area (Å²) in [4.78, 5) is 9.59. The van der Waals surface area contributed by atoms with Crippen molar-refractivity contribution in [1.82, 2.24) is 9.71 Å². The van der Waals surface area contributed by atoms with Crippen LogP contribution in [-0.2, 0) is 0 Å². The molecule has 1 aromatic rings. The fraction of sp³-hybridized carbons (Fsp3) is 0.400. The third kappa shape index (κ3) is 2.62. The maximum Gasteiger partial charge on any atom is 0.206 e. The fourth-order valence-electron chi connectivity index (χ4n) is 1.24. The number of hydrogen-bond acceptors (Lipinski definition) is 3. The van der Waals surface area contributed by atoms with E-state index in [1.54, 1.807) is 18.1 Å². The lowest BCUT2D eigenvalue weighted by Gasteiger charge is -2.19. The van der Waals surface area contributed by atoms with Gasteiger partial charge in [0.2, 0.25) is 5.96 Å². The van der Waals surface area contributed by atoms with Crippen molar-refractivity contribution in [3.63, 3.8) is 0 Å². The molecular formula is C10H14N4S. The third-order valence-corrected chi connectivity index (χ3v) is 2.92. The average Bonchev–Trinajstić information content (AvgIpc) is 2.29. The van der Waals surface area contributed by atoms with Gasteiger partial charge in [-0.05, 0) is 24.4 Å². The first-order valence-electron chi connectivity index (χ1n) is 5.08. The van der Waals surface area contributed by atoms with Crippen LogP contribution in [0.25, 0.3) is 0 Å². The summed E-state index contributed by atoms with van der Waals surface area (Å²) in [6.45, 7) is 3.03. The predicted molar refractivity (Wildman–Crippen MR) is 64.1 cm³/mol. The normalized spacial score (nSPS) is 16.7. The van der Waals surface area contributed by atoms with Crippen molar-refractivity contribution in [3.8, 4) is 0 Å². The van der Waals surface area contributed by atoms with E-state index in [0.29, 0.717) is 0 Å². The molecule has 1 aromatic heterocycles. The molecule has 0 bridgehead atoms. The molecule has 0 saturated heterocycles. The molecule has 0 amide bonds. The standard InChI is InChI=1S/C10H14N4S/c1-2-3-5-12-10-13-8-4-6-11-7-9(8)15-14-10/h4,6-7H,2-3,5H2,1H3,(H2,12,13,14). The van der Waals surface area contributed by atoms with Crippen LogP contribution in [0.1, 0.15) is 19.8 Å². The van der Waals surface area contributed by atoms with Crippen LogP contribution in [0, 0.1) is 0 Å². The minimum Gasteiger partial charge on any atom is -0.324 e. The summed E-state index contributed by atoms with van der Waals surface area (Å²) in [5.74, 6) is 0.840. The van der Waals surface area contributed by atoms with Gasteiger partial charge in [-0.15, -0.1) is 0 Å².